The molecule has 0 bridgehead atoms. The molecule has 6 heteroatoms. The molecule has 2 aliphatic rings. The fourth-order valence-corrected chi connectivity index (χ4v) is 2.92. The molecule has 0 spiro atoms. The van der Waals surface area contributed by atoms with E-state index in [2.05, 4.69) is 0 Å². The van der Waals surface area contributed by atoms with Gasteiger partial charge in [0.05, 0.1) is 30.8 Å². The van der Waals surface area contributed by atoms with Gasteiger partial charge in [-0.15, -0.1) is 0 Å². The van der Waals surface area contributed by atoms with Crippen LogP contribution in [0.2, 0.25) is 0 Å². The van der Waals surface area contributed by atoms with Gasteiger partial charge in [-0.1, -0.05) is 0 Å². The molecule has 2 N–H and O–H groups in total. The quantitative estimate of drug-likeness (QED) is 0.687. The molecule has 2 rings (SSSR count). The van der Waals surface area contributed by atoms with Crippen molar-refractivity contribution in [3.8, 4) is 0 Å². The van der Waals surface area contributed by atoms with Gasteiger partial charge in [0, 0.05) is 6.42 Å². The maximum Gasteiger partial charge on any atom is 0.309 e. The van der Waals surface area contributed by atoms with E-state index >= 15 is 0 Å². The van der Waals surface area contributed by atoms with Crippen molar-refractivity contribution in [2.75, 3.05) is 6.61 Å². The number of esters is 1. The summed E-state index contributed by atoms with van der Waals surface area (Å²) in [5.41, 5.74) is 0. The minimum Gasteiger partial charge on any atom is -0.466 e. The van der Waals surface area contributed by atoms with Crippen LogP contribution in [0.25, 0.3) is 0 Å². The predicted octanol–water partition coefficient (Wildman–Crippen LogP) is 1.23. The number of hydrogen-bond donors (Lipinski definition) is 2. The van der Waals surface area contributed by atoms with E-state index in [0.717, 1.165) is 19.3 Å². The summed E-state index contributed by atoms with van der Waals surface area (Å²) in [6.07, 6.45) is 0.346. The van der Waals surface area contributed by atoms with Crippen molar-refractivity contribution in [1.82, 2.24) is 0 Å². The minimum absolute atomic E-state index is 0.0545. The summed E-state index contributed by atoms with van der Waals surface area (Å²) < 4.78 is 16.3. The second-order valence-electron chi connectivity index (χ2n) is 6.46. The molecular weight excluding hydrogens is 288 g/mol. The average molecular weight is 316 g/mol. The Morgan fingerprint density at radius 3 is 2.73 bits per heavy atom. The van der Waals surface area contributed by atoms with Crippen LogP contribution in [0.5, 0.6) is 0 Å². The van der Waals surface area contributed by atoms with Gasteiger partial charge in [-0.3, -0.25) is 4.79 Å². The molecule has 0 aromatic rings. The highest BCUT2D eigenvalue weighted by atomic mass is 16.7. The maximum atomic E-state index is 11.6. The van der Waals surface area contributed by atoms with Crippen molar-refractivity contribution in [1.29, 1.82) is 0 Å². The van der Waals surface area contributed by atoms with Crippen molar-refractivity contribution < 1.29 is 29.2 Å². The van der Waals surface area contributed by atoms with Gasteiger partial charge < -0.3 is 24.4 Å². The zero-order valence-electron chi connectivity index (χ0n) is 13.6. The van der Waals surface area contributed by atoms with E-state index < -0.39 is 18.5 Å². The van der Waals surface area contributed by atoms with Crippen LogP contribution < -0.4 is 0 Å². The Morgan fingerprint density at radius 1 is 1.32 bits per heavy atom. The van der Waals surface area contributed by atoms with E-state index in [-0.39, 0.29) is 30.5 Å². The molecule has 4 unspecified atom stereocenters. The van der Waals surface area contributed by atoms with Crippen LogP contribution in [0.3, 0.4) is 0 Å². The Bertz CT molecular complexity index is 374. The first-order chi connectivity index (χ1) is 10.4. The van der Waals surface area contributed by atoms with Crippen LogP contribution in [0, 0.1) is 11.8 Å². The lowest BCUT2D eigenvalue weighted by Gasteiger charge is -2.36. The molecule has 7 atom stereocenters. The van der Waals surface area contributed by atoms with E-state index in [9.17, 15) is 15.0 Å². The third-order valence-corrected chi connectivity index (χ3v) is 4.51. The average Bonchev–Trinajstić information content (AvgIpc) is 3.22. The molecule has 6 nitrogen and oxygen atoms in total. The lowest BCUT2D eigenvalue weighted by atomic mass is 10.0. The van der Waals surface area contributed by atoms with Crippen molar-refractivity contribution in [3.05, 3.63) is 0 Å². The third kappa shape index (κ3) is 4.65. The Morgan fingerprint density at radius 2 is 2.05 bits per heavy atom. The van der Waals surface area contributed by atoms with Crippen LogP contribution in [0.1, 0.15) is 46.5 Å². The Kier molecular flexibility index (Phi) is 6.20. The summed E-state index contributed by atoms with van der Waals surface area (Å²) in [7, 11) is 0. The van der Waals surface area contributed by atoms with Gasteiger partial charge in [-0.05, 0) is 46.0 Å². The van der Waals surface area contributed by atoms with Crippen LogP contribution in [0.15, 0.2) is 0 Å². The van der Waals surface area contributed by atoms with Crippen molar-refractivity contribution in [3.63, 3.8) is 0 Å². The zero-order valence-corrected chi connectivity index (χ0v) is 13.6. The van der Waals surface area contributed by atoms with Gasteiger partial charge in [0.1, 0.15) is 6.10 Å². The van der Waals surface area contributed by atoms with Gasteiger partial charge >= 0.3 is 5.97 Å². The fraction of sp³-hybridized carbons (Fsp3) is 0.938. The summed E-state index contributed by atoms with van der Waals surface area (Å²) in [6.45, 7) is 5.96. The van der Waals surface area contributed by atoms with Gasteiger partial charge in [-0.25, -0.2) is 0 Å². The molecule has 1 saturated heterocycles. The van der Waals surface area contributed by atoms with Crippen LogP contribution in [0.4, 0.5) is 0 Å². The number of hydrogen-bond acceptors (Lipinski definition) is 6. The number of ether oxygens (including phenoxy) is 3. The number of carbonyl (C=O) groups is 1. The monoisotopic (exact) mass is 316 g/mol. The maximum absolute atomic E-state index is 11.6. The standard InChI is InChI=1S/C16H28O6/c1-4-20-15(19)12-7-11(12)6-5-9(2)21-16-14(18)8-13(17)10(3)22-16/h9-14,16-18H,4-8H2,1-3H3/t9-,10+,11?,12?,13?,14-,16?/m1/s1. The molecular formula is C16H28O6. The molecule has 1 aliphatic carbocycles. The SMILES string of the molecule is CCOC(=O)C1CC1CC[C@@H](C)OC1O[C@@H](C)C(O)C[C@H]1O. The van der Waals surface area contributed by atoms with Crippen molar-refractivity contribution >= 4 is 5.97 Å². The van der Waals surface area contributed by atoms with E-state index in [1.165, 1.54) is 0 Å². The number of carbonyl (C=O) groups excluding carboxylic acids is 1. The summed E-state index contributed by atoms with van der Waals surface area (Å²) in [4.78, 5) is 11.6. The summed E-state index contributed by atoms with van der Waals surface area (Å²) in [6, 6.07) is 0. The molecule has 1 saturated carbocycles. The predicted molar refractivity (Wildman–Crippen MR) is 79.0 cm³/mol. The largest absolute Gasteiger partial charge is 0.466 e. The smallest absolute Gasteiger partial charge is 0.309 e. The van der Waals surface area contributed by atoms with Crippen molar-refractivity contribution in [2.45, 2.75) is 77.2 Å². The van der Waals surface area contributed by atoms with Gasteiger partial charge in [0.15, 0.2) is 6.29 Å². The Balaban J connectivity index is 1.66. The molecule has 2 fully saturated rings. The zero-order chi connectivity index (χ0) is 16.3. The fourth-order valence-electron chi connectivity index (χ4n) is 2.92. The highest BCUT2D eigenvalue weighted by molar-refractivity contribution is 5.75. The van der Waals surface area contributed by atoms with E-state index in [1.807, 2.05) is 13.8 Å². The van der Waals surface area contributed by atoms with Crippen LogP contribution >= 0.6 is 0 Å². The van der Waals surface area contributed by atoms with Crippen molar-refractivity contribution in [2.24, 2.45) is 11.8 Å². The normalized spacial score (nSPS) is 39.3. The summed E-state index contributed by atoms with van der Waals surface area (Å²) >= 11 is 0. The highest BCUT2D eigenvalue weighted by Gasteiger charge is 2.44. The van der Waals surface area contributed by atoms with Gasteiger partial charge in [-0.2, -0.15) is 0 Å². The second-order valence-corrected chi connectivity index (χ2v) is 6.46. The lowest BCUT2D eigenvalue weighted by molar-refractivity contribution is -0.273. The molecule has 1 aliphatic heterocycles. The first-order valence-corrected chi connectivity index (χ1v) is 8.26. The topological polar surface area (TPSA) is 85.2 Å². The molecule has 0 radical (unpaired) electrons. The van der Waals surface area contributed by atoms with E-state index in [1.54, 1.807) is 6.92 Å². The minimum atomic E-state index is -0.804. The van der Waals surface area contributed by atoms with Gasteiger partial charge in [0.25, 0.3) is 0 Å². The van der Waals surface area contributed by atoms with E-state index in [0.29, 0.717) is 12.5 Å². The number of aliphatic hydroxyl groups is 2. The molecule has 0 aromatic heterocycles. The number of aliphatic hydroxyl groups excluding tert-OH is 2. The number of rotatable bonds is 7. The third-order valence-electron chi connectivity index (χ3n) is 4.51. The molecule has 22 heavy (non-hydrogen) atoms. The summed E-state index contributed by atoms with van der Waals surface area (Å²) in [5, 5.41) is 19.5. The second kappa shape index (κ2) is 7.73. The van der Waals surface area contributed by atoms with E-state index in [4.69, 9.17) is 14.2 Å². The Labute approximate surface area is 131 Å². The Hall–Kier alpha value is -0.690. The molecule has 0 amide bonds. The molecule has 1 heterocycles. The molecule has 0 aromatic carbocycles. The molecule has 128 valence electrons. The summed E-state index contributed by atoms with van der Waals surface area (Å²) in [5.74, 6) is 0.358. The first kappa shape index (κ1) is 17.7. The first-order valence-electron chi connectivity index (χ1n) is 8.26. The van der Waals surface area contributed by atoms with Crippen LogP contribution in [-0.4, -0.2) is 53.5 Å². The lowest BCUT2D eigenvalue weighted by Crippen LogP contribution is -2.48. The highest BCUT2D eigenvalue weighted by Crippen LogP contribution is 2.43. The van der Waals surface area contributed by atoms with Crippen LogP contribution in [-0.2, 0) is 19.0 Å². The van der Waals surface area contributed by atoms with Gasteiger partial charge in [0.2, 0.25) is 0 Å².